The van der Waals surface area contributed by atoms with Crippen LogP contribution in [-0.4, -0.2) is 41.0 Å². The van der Waals surface area contributed by atoms with E-state index in [9.17, 15) is 0 Å². The van der Waals surface area contributed by atoms with Crippen LogP contribution in [0.1, 0.15) is 43.4 Å². The Morgan fingerprint density at radius 1 is 1.11 bits per heavy atom. The number of nitrogens with zero attached hydrogens (tertiary/aromatic N) is 3. The molecule has 146 valence electrons. The normalized spacial score (nSPS) is 23.2. The van der Waals surface area contributed by atoms with E-state index in [2.05, 4.69) is 41.1 Å². The highest BCUT2D eigenvalue weighted by Gasteiger charge is 2.51. The van der Waals surface area contributed by atoms with E-state index < -0.39 is 0 Å². The summed E-state index contributed by atoms with van der Waals surface area (Å²) in [4.78, 5) is 2.48. The molecule has 4 nitrogen and oxygen atoms in total. The molecule has 0 aromatic heterocycles. The molecule has 0 aliphatic carbocycles. The van der Waals surface area contributed by atoms with Gasteiger partial charge in [0.05, 0.1) is 21.8 Å². The van der Waals surface area contributed by atoms with Gasteiger partial charge in [-0.3, -0.25) is 0 Å². The number of piperidine rings is 1. The quantitative estimate of drug-likeness (QED) is 0.661. The van der Waals surface area contributed by atoms with Crippen molar-refractivity contribution in [3.63, 3.8) is 0 Å². The molecule has 28 heavy (non-hydrogen) atoms. The summed E-state index contributed by atoms with van der Waals surface area (Å²) >= 11 is 12.4. The van der Waals surface area contributed by atoms with Gasteiger partial charge in [-0.15, -0.1) is 0 Å². The highest BCUT2D eigenvalue weighted by molar-refractivity contribution is 6.42. The van der Waals surface area contributed by atoms with E-state index in [1.54, 1.807) is 0 Å². The summed E-state index contributed by atoms with van der Waals surface area (Å²) in [7, 11) is 0. The molecule has 0 unspecified atom stereocenters. The third-order valence-corrected chi connectivity index (χ3v) is 6.98. The van der Waals surface area contributed by atoms with Crippen LogP contribution >= 0.6 is 23.2 Å². The summed E-state index contributed by atoms with van der Waals surface area (Å²) in [6, 6.07) is 14.4. The van der Waals surface area contributed by atoms with Crippen LogP contribution < -0.4 is 4.74 Å². The lowest BCUT2D eigenvalue weighted by Crippen LogP contribution is -2.59. The molecule has 2 aromatic rings. The lowest BCUT2D eigenvalue weighted by atomic mass is 9.91. The van der Waals surface area contributed by atoms with Crippen molar-refractivity contribution < 1.29 is 4.74 Å². The molecule has 2 aromatic carbocycles. The predicted molar refractivity (Wildman–Crippen MR) is 113 cm³/mol. The molecule has 3 aliphatic heterocycles. The second-order valence-corrected chi connectivity index (χ2v) is 8.57. The molecule has 3 heterocycles. The fraction of sp³-hybridized carbons (Fsp3) is 0.409. The number of halogens is 2. The van der Waals surface area contributed by atoms with E-state index in [-0.39, 0.29) is 11.8 Å². The summed E-state index contributed by atoms with van der Waals surface area (Å²) < 4.78 is 6.64. The third kappa shape index (κ3) is 2.90. The Balaban J connectivity index is 1.55. The molecule has 5 rings (SSSR count). The second-order valence-electron chi connectivity index (χ2n) is 7.76. The van der Waals surface area contributed by atoms with E-state index in [0.29, 0.717) is 10.0 Å². The number of hydrogen-bond donors (Lipinski definition) is 0. The van der Waals surface area contributed by atoms with E-state index in [0.717, 1.165) is 55.9 Å². The summed E-state index contributed by atoms with van der Waals surface area (Å²) in [6.07, 6.45) is 2.74. The summed E-state index contributed by atoms with van der Waals surface area (Å²) in [5, 5.41) is 8.45. The molecule has 0 radical (unpaired) electrons. The van der Waals surface area contributed by atoms with E-state index in [1.165, 1.54) is 5.56 Å². The Kier molecular flexibility index (Phi) is 4.53. The number of hydrogen-bond acceptors (Lipinski definition) is 4. The van der Waals surface area contributed by atoms with Gasteiger partial charge in [-0.05, 0) is 30.3 Å². The Labute approximate surface area is 175 Å². The monoisotopic (exact) mass is 415 g/mol. The average Bonchev–Trinajstić information content (AvgIpc) is 3.18. The Bertz CT molecular complexity index is 937. The molecule has 0 N–H and O–H groups in total. The van der Waals surface area contributed by atoms with Gasteiger partial charge in [0.15, 0.2) is 0 Å². The zero-order chi connectivity index (χ0) is 19.3. The number of ether oxygens (including phenoxy) is 1. The highest BCUT2D eigenvalue weighted by atomic mass is 35.5. The number of benzene rings is 2. The fourth-order valence-corrected chi connectivity index (χ4v) is 4.93. The minimum Gasteiger partial charge on any atom is -0.466 e. The first-order chi connectivity index (χ1) is 13.6. The second kappa shape index (κ2) is 6.94. The Morgan fingerprint density at radius 3 is 2.64 bits per heavy atom. The maximum absolute atomic E-state index is 6.64. The minimum atomic E-state index is -0.372. The first kappa shape index (κ1) is 18.3. The summed E-state index contributed by atoms with van der Waals surface area (Å²) in [6.45, 7) is 5.35. The smallest absolute Gasteiger partial charge is 0.200 e. The van der Waals surface area contributed by atoms with Crippen molar-refractivity contribution in [2.24, 2.45) is 5.10 Å². The molecule has 1 fully saturated rings. The largest absolute Gasteiger partial charge is 0.466 e. The molecule has 1 spiro atoms. The molecular weight excluding hydrogens is 393 g/mol. The van der Waals surface area contributed by atoms with Crippen molar-refractivity contribution in [1.29, 1.82) is 0 Å². The van der Waals surface area contributed by atoms with Crippen LogP contribution in [0.3, 0.4) is 0 Å². The average molecular weight is 416 g/mol. The van der Waals surface area contributed by atoms with Crippen LogP contribution in [0, 0.1) is 0 Å². The number of fused-ring (bicyclic) bond motifs is 4. The van der Waals surface area contributed by atoms with Crippen molar-refractivity contribution in [3.05, 3.63) is 63.6 Å². The Morgan fingerprint density at radius 2 is 1.89 bits per heavy atom. The zero-order valence-corrected chi connectivity index (χ0v) is 17.4. The molecule has 0 amide bonds. The van der Waals surface area contributed by atoms with Gasteiger partial charge in [-0.2, -0.15) is 5.10 Å². The molecule has 0 saturated carbocycles. The van der Waals surface area contributed by atoms with Gasteiger partial charge < -0.3 is 9.64 Å². The van der Waals surface area contributed by atoms with Gasteiger partial charge in [0.25, 0.3) is 0 Å². The van der Waals surface area contributed by atoms with Gasteiger partial charge in [0.1, 0.15) is 5.75 Å². The first-order valence-corrected chi connectivity index (χ1v) is 10.7. The van der Waals surface area contributed by atoms with Gasteiger partial charge in [0.2, 0.25) is 5.72 Å². The van der Waals surface area contributed by atoms with Gasteiger partial charge in [0, 0.05) is 37.9 Å². The fourth-order valence-electron chi connectivity index (χ4n) is 4.63. The molecule has 1 saturated heterocycles. The minimum absolute atomic E-state index is 0.197. The maximum Gasteiger partial charge on any atom is 0.200 e. The van der Waals surface area contributed by atoms with Gasteiger partial charge in [-0.25, -0.2) is 5.01 Å². The first-order valence-electron chi connectivity index (χ1n) is 9.92. The van der Waals surface area contributed by atoms with Gasteiger partial charge >= 0.3 is 0 Å². The predicted octanol–water partition coefficient (Wildman–Crippen LogP) is 5.35. The van der Waals surface area contributed by atoms with Crippen LogP contribution in [0.25, 0.3) is 0 Å². The standard InChI is InChI=1S/C22H23Cl2N3O/c1-2-26-11-9-22(10-12-26)27-20(16-5-3-4-6-21(16)28-22)14-19(25-27)15-7-8-17(23)18(24)13-15/h3-8,13,20H,2,9-12,14H2,1H3/t20-/m0/s1. The summed E-state index contributed by atoms with van der Waals surface area (Å²) in [5.41, 5.74) is 2.91. The Hall–Kier alpha value is -1.75. The SMILES string of the molecule is CCN1CCC2(CC1)Oc1ccccc1[C@@H]1CC(c3ccc(Cl)c(Cl)c3)=NN12. The van der Waals surface area contributed by atoms with Crippen molar-refractivity contribution in [1.82, 2.24) is 9.91 Å². The van der Waals surface area contributed by atoms with Crippen molar-refractivity contribution in [2.45, 2.75) is 38.0 Å². The van der Waals surface area contributed by atoms with E-state index >= 15 is 0 Å². The van der Waals surface area contributed by atoms with E-state index in [1.807, 2.05) is 18.2 Å². The van der Waals surface area contributed by atoms with Crippen molar-refractivity contribution in [2.75, 3.05) is 19.6 Å². The van der Waals surface area contributed by atoms with Crippen LogP contribution in [0.4, 0.5) is 0 Å². The van der Waals surface area contributed by atoms with Crippen LogP contribution in [0.5, 0.6) is 5.75 Å². The number of hydrazone groups is 1. The highest BCUT2D eigenvalue weighted by Crippen LogP contribution is 2.50. The third-order valence-electron chi connectivity index (χ3n) is 6.24. The number of para-hydroxylation sites is 1. The van der Waals surface area contributed by atoms with Crippen LogP contribution in [0.2, 0.25) is 10.0 Å². The van der Waals surface area contributed by atoms with Crippen LogP contribution in [0.15, 0.2) is 47.6 Å². The topological polar surface area (TPSA) is 28.1 Å². The molecule has 1 atom stereocenters. The number of likely N-dealkylation sites (tertiary alicyclic amines) is 1. The van der Waals surface area contributed by atoms with Gasteiger partial charge in [-0.1, -0.05) is 54.4 Å². The molecular formula is C22H23Cl2N3O. The summed E-state index contributed by atoms with van der Waals surface area (Å²) in [5.74, 6) is 0.999. The molecule has 6 heteroatoms. The molecule has 3 aliphatic rings. The van der Waals surface area contributed by atoms with E-state index in [4.69, 9.17) is 33.0 Å². The lowest BCUT2D eigenvalue weighted by Gasteiger charge is -2.51. The lowest BCUT2D eigenvalue weighted by molar-refractivity contribution is -0.149. The maximum atomic E-state index is 6.64. The molecule has 0 bridgehead atoms. The number of rotatable bonds is 2. The van der Waals surface area contributed by atoms with Crippen molar-refractivity contribution >= 4 is 28.9 Å². The van der Waals surface area contributed by atoms with Crippen LogP contribution in [-0.2, 0) is 0 Å². The zero-order valence-electron chi connectivity index (χ0n) is 15.9. The van der Waals surface area contributed by atoms with Crippen molar-refractivity contribution in [3.8, 4) is 5.75 Å².